The molecule has 1 N–H and O–H groups in total. The van der Waals surface area contributed by atoms with E-state index in [0.717, 1.165) is 28.2 Å². The van der Waals surface area contributed by atoms with Gasteiger partial charge in [-0.1, -0.05) is 54.2 Å². The summed E-state index contributed by atoms with van der Waals surface area (Å²) in [7, 11) is 0. The molecule has 26 heavy (non-hydrogen) atoms. The molecule has 1 aliphatic rings. The highest BCUT2D eigenvalue weighted by Gasteiger charge is 2.31. The third kappa shape index (κ3) is 3.24. The minimum atomic E-state index is -1.09. The van der Waals surface area contributed by atoms with Crippen LogP contribution in [0.5, 0.6) is 0 Å². The monoisotopic (exact) mass is 368 g/mol. The zero-order valence-electron chi connectivity index (χ0n) is 13.9. The summed E-state index contributed by atoms with van der Waals surface area (Å²) >= 11 is 1.03. The number of nitrogens with one attached hydrogen (secondary N) is 1. The van der Waals surface area contributed by atoms with E-state index in [1.54, 1.807) is 12.1 Å². The van der Waals surface area contributed by atoms with Gasteiger partial charge in [-0.05, 0) is 29.7 Å². The van der Waals surface area contributed by atoms with Gasteiger partial charge in [-0.3, -0.25) is 14.9 Å². The van der Waals surface area contributed by atoms with Gasteiger partial charge in [-0.15, -0.1) is 0 Å². The van der Waals surface area contributed by atoms with Crippen LogP contribution in [0.25, 0.3) is 10.9 Å². The summed E-state index contributed by atoms with van der Waals surface area (Å²) in [6.07, 6.45) is 1.25. The van der Waals surface area contributed by atoms with E-state index in [2.05, 4.69) is 5.32 Å². The molecule has 2 amide bonds. The number of amides is 2. The number of benzene rings is 2. The first kappa shape index (κ1) is 16.8. The number of carbonyl (C=O) groups is 2. The second kappa shape index (κ2) is 6.96. The van der Waals surface area contributed by atoms with E-state index in [1.807, 2.05) is 53.2 Å². The summed E-state index contributed by atoms with van der Waals surface area (Å²) in [4.78, 5) is 23.2. The first-order valence-corrected chi connectivity index (χ1v) is 9.27. The molecule has 2 unspecified atom stereocenters. The zero-order chi connectivity index (χ0) is 18.1. The molecular formula is C20H17FN2O2S. The lowest BCUT2D eigenvalue weighted by Crippen LogP contribution is -2.25. The number of carbonyl (C=O) groups excluding carboxylic acids is 2. The Bertz CT molecular complexity index is 970. The number of imide groups is 1. The second-order valence-electron chi connectivity index (χ2n) is 6.28. The molecular weight excluding hydrogens is 351 g/mol. The van der Waals surface area contributed by atoms with Gasteiger partial charge in [0.1, 0.15) is 6.17 Å². The largest absolute Gasteiger partial charge is 0.344 e. The van der Waals surface area contributed by atoms with Crippen molar-refractivity contribution in [1.29, 1.82) is 0 Å². The van der Waals surface area contributed by atoms with Crippen molar-refractivity contribution in [3.8, 4) is 0 Å². The van der Waals surface area contributed by atoms with E-state index in [9.17, 15) is 14.0 Å². The van der Waals surface area contributed by atoms with Gasteiger partial charge in [-0.2, -0.15) is 0 Å². The maximum absolute atomic E-state index is 14.6. The Labute approximate surface area is 154 Å². The van der Waals surface area contributed by atoms with Crippen LogP contribution in [0.15, 0.2) is 60.8 Å². The topological polar surface area (TPSA) is 51.1 Å². The van der Waals surface area contributed by atoms with E-state index in [4.69, 9.17) is 0 Å². The summed E-state index contributed by atoms with van der Waals surface area (Å²) in [5.41, 5.74) is 2.57. The van der Waals surface area contributed by atoms with Crippen LogP contribution >= 0.6 is 11.8 Å². The molecule has 1 aliphatic heterocycles. The van der Waals surface area contributed by atoms with E-state index < -0.39 is 11.4 Å². The van der Waals surface area contributed by atoms with Crippen molar-refractivity contribution in [1.82, 2.24) is 9.88 Å². The summed E-state index contributed by atoms with van der Waals surface area (Å²) in [5.74, 6) is -0.246. The first-order chi connectivity index (χ1) is 12.6. The SMILES string of the molecule is O=C1NC(=O)C(Cc2cccc3c2ccn3CC(F)c2ccccc2)S1. The average molecular weight is 368 g/mol. The van der Waals surface area contributed by atoms with Gasteiger partial charge in [-0.25, -0.2) is 4.39 Å². The number of hydrogen-bond acceptors (Lipinski definition) is 3. The summed E-state index contributed by atoms with van der Waals surface area (Å²) in [6, 6.07) is 16.9. The van der Waals surface area contributed by atoms with Gasteiger partial charge >= 0.3 is 0 Å². The quantitative estimate of drug-likeness (QED) is 0.733. The Kier molecular flexibility index (Phi) is 4.51. The molecule has 2 aromatic carbocycles. The van der Waals surface area contributed by atoms with Crippen LogP contribution in [0, 0.1) is 0 Å². The van der Waals surface area contributed by atoms with Crippen molar-refractivity contribution >= 4 is 33.8 Å². The molecule has 0 bridgehead atoms. The molecule has 1 saturated heterocycles. The van der Waals surface area contributed by atoms with Crippen molar-refractivity contribution in [3.05, 3.63) is 71.9 Å². The summed E-state index contributed by atoms with van der Waals surface area (Å²) in [6.45, 7) is 0.230. The lowest BCUT2D eigenvalue weighted by molar-refractivity contribution is -0.118. The highest BCUT2D eigenvalue weighted by atomic mass is 32.2. The predicted molar refractivity (Wildman–Crippen MR) is 101 cm³/mol. The Morgan fingerprint density at radius 1 is 1.08 bits per heavy atom. The van der Waals surface area contributed by atoms with E-state index >= 15 is 0 Å². The van der Waals surface area contributed by atoms with Gasteiger partial charge < -0.3 is 4.57 Å². The van der Waals surface area contributed by atoms with Crippen molar-refractivity contribution in [2.75, 3.05) is 0 Å². The number of halogens is 1. The molecule has 132 valence electrons. The number of fused-ring (bicyclic) bond motifs is 1. The van der Waals surface area contributed by atoms with Gasteiger partial charge in [0.15, 0.2) is 0 Å². The van der Waals surface area contributed by atoms with E-state index in [0.29, 0.717) is 12.0 Å². The minimum Gasteiger partial charge on any atom is -0.344 e. The molecule has 2 atom stereocenters. The average Bonchev–Trinajstić information content (AvgIpc) is 3.19. The summed E-state index contributed by atoms with van der Waals surface area (Å²) in [5, 5.41) is 2.60. The third-order valence-electron chi connectivity index (χ3n) is 4.59. The van der Waals surface area contributed by atoms with Crippen LogP contribution < -0.4 is 5.32 Å². The third-order valence-corrected chi connectivity index (χ3v) is 5.58. The second-order valence-corrected chi connectivity index (χ2v) is 7.46. The fourth-order valence-electron chi connectivity index (χ4n) is 3.29. The van der Waals surface area contributed by atoms with E-state index in [-0.39, 0.29) is 17.7 Å². The number of hydrogen-bond donors (Lipinski definition) is 1. The Morgan fingerprint density at radius 3 is 2.62 bits per heavy atom. The van der Waals surface area contributed by atoms with Crippen molar-refractivity contribution in [3.63, 3.8) is 0 Å². The molecule has 0 spiro atoms. The normalized spacial score (nSPS) is 18.3. The van der Waals surface area contributed by atoms with Crippen LogP contribution in [0.4, 0.5) is 9.18 Å². The maximum atomic E-state index is 14.6. The molecule has 1 aromatic heterocycles. The highest BCUT2D eigenvalue weighted by molar-refractivity contribution is 8.15. The number of aromatic nitrogens is 1. The number of alkyl halides is 1. The molecule has 0 saturated carbocycles. The molecule has 0 aliphatic carbocycles. The summed E-state index contributed by atoms with van der Waals surface area (Å²) < 4.78 is 16.5. The Morgan fingerprint density at radius 2 is 1.88 bits per heavy atom. The minimum absolute atomic E-state index is 0.230. The van der Waals surface area contributed by atoms with Crippen LogP contribution in [0.2, 0.25) is 0 Å². The van der Waals surface area contributed by atoms with Gasteiger partial charge in [0.2, 0.25) is 5.91 Å². The smallest absolute Gasteiger partial charge is 0.286 e. The van der Waals surface area contributed by atoms with Crippen LogP contribution in [-0.2, 0) is 17.8 Å². The van der Waals surface area contributed by atoms with Crippen molar-refractivity contribution < 1.29 is 14.0 Å². The van der Waals surface area contributed by atoms with Crippen molar-refractivity contribution in [2.45, 2.75) is 24.4 Å². The molecule has 3 aromatic rings. The zero-order valence-corrected chi connectivity index (χ0v) is 14.7. The first-order valence-electron chi connectivity index (χ1n) is 8.39. The molecule has 6 heteroatoms. The van der Waals surface area contributed by atoms with Gasteiger partial charge in [0, 0.05) is 17.1 Å². The Hall–Kier alpha value is -2.60. The number of thioether (sulfide) groups is 1. The highest BCUT2D eigenvalue weighted by Crippen LogP contribution is 2.29. The van der Waals surface area contributed by atoms with Gasteiger partial charge in [0.05, 0.1) is 11.8 Å². The molecule has 0 radical (unpaired) electrons. The van der Waals surface area contributed by atoms with Gasteiger partial charge in [0.25, 0.3) is 5.24 Å². The van der Waals surface area contributed by atoms with Crippen molar-refractivity contribution in [2.24, 2.45) is 0 Å². The fraction of sp³-hybridized carbons (Fsp3) is 0.200. The Balaban J connectivity index is 1.59. The standard InChI is InChI=1S/C20H17FN2O2S/c21-16(13-5-2-1-3-6-13)12-23-10-9-15-14(7-4-8-17(15)23)11-18-19(24)22-20(25)26-18/h1-10,16,18H,11-12H2,(H,22,24,25). The van der Waals surface area contributed by atoms with Crippen LogP contribution in [0.3, 0.4) is 0 Å². The molecule has 4 rings (SSSR count). The number of nitrogens with zero attached hydrogens (tertiary/aromatic N) is 1. The molecule has 4 nitrogen and oxygen atoms in total. The van der Waals surface area contributed by atoms with Crippen LogP contribution in [0.1, 0.15) is 17.3 Å². The maximum Gasteiger partial charge on any atom is 0.286 e. The predicted octanol–water partition coefficient (Wildman–Crippen LogP) is 4.25. The lowest BCUT2D eigenvalue weighted by Gasteiger charge is -2.12. The lowest BCUT2D eigenvalue weighted by atomic mass is 10.0. The van der Waals surface area contributed by atoms with Crippen LogP contribution in [-0.4, -0.2) is 21.0 Å². The number of rotatable bonds is 5. The molecule has 1 fully saturated rings. The van der Waals surface area contributed by atoms with E-state index in [1.165, 1.54) is 0 Å². The fourth-order valence-corrected chi connectivity index (χ4v) is 4.14. The molecule has 2 heterocycles.